The quantitative estimate of drug-likeness (QED) is 0.803. The molecule has 0 aliphatic heterocycles. The number of aryl methyl sites for hydroxylation is 1. The SMILES string of the molecule is Cc1ccc(S(=O)(=O)NCC(CC(C)C)C(=O)O)c(Cl)c1. The van der Waals surface area contributed by atoms with Crippen LogP contribution in [0.2, 0.25) is 5.02 Å². The van der Waals surface area contributed by atoms with E-state index < -0.39 is 21.9 Å². The summed E-state index contributed by atoms with van der Waals surface area (Å²) in [5.41, 5.74) is 0.849. The van der Waals surface area contributed by atoms with E-state index in [1.165, 1.54) is 6.07 Å². The highest BCUT2D eigenvalue weighted by molar-refractivity contribution is 7.89. The molecule has 0 fully saturated rings. The van der Waals surface area contributed by atoms with Crippen LogP contribution in [-0.4, -0.2) is 26.0 Å². The third-order valence-electron chi connectivity index (χ3n) is 3.00. The van der Waals surface area contributed by atoms with Crippen LogP contribution < -0.4 is 4.72 Å². The maximum atomic E-state index is 12.2. The second kappa shape index (κ2) is 7.24. The first-order chi connectivity index (χ1) is 9.63. The summed E-state index contributed by atoms with van der Waals surface area (Å²) in [5.74, 6) is -1.61. The van der Waals surface area contributed by atoms with Crippen molar-refractivity contribution in [3.05, 3.63) is 28.8 Å². The van der Waals surface area contributed by atoms with Crippen LogP contribution in [0.1, 0.15) is 25.8 Å². The predicted octanol–water partition coefficient (Wildman–Crippen LogP) is 2.67. The molecule has 118 valence electrons. The van der Waals surface area contributed by atoms with Crippen LogP contribution in [0.3, 0.4) is 0 Å². The number of carbonyl (C=O) groups is 1. The fraction of sp³-hybridized carbons (Fsp3) is 0.500. The minimum atomic E-state index is -3.82. The molecule has 0 spiro atoms. The highest BCUT2D eigenvalue weighted by atomic mass is 35.5. The first-order valence-corrected chi connectivity index (χ1v) is 8.48. The van der Waals surface area contributed by atoms with E-state index in [1.807, 2.05) is 13.8 Å². The zero-order chi connectivity index (χ0) is 16.2. The Balaban J connectivity index is 2.87. The molecule has 21 heavy (non-hydrogen) atoms. The van der Waals surface area contributed by atoms with Gasteiger partial charge in [0.1, 0.15) is 4.90 Å². The number of carboxylic acid groups (broad SMARTS) is 1. The van der Waals surface area contributed by atoms with Gasteiger partial charge in [-0.05, 0) is 37.0 Å². The number of benzene rings is 1. The molecule has 0 heterocycles. The Morgan fingerprint density at radius 2 is 2.00 bits per heavy atom. The molecule has 7 heteroatoms. The Kier molecular flexibility index (Phi) is 6.19. The normalized spacial score (nSPS) is 13.4. The average molecular weight is 334 g/mol. The van der Waals surface area contributed by atoms with Gasteiger partial charge in [-0.1, -0.05) is 31.5 Å². The van der Waals surface area contributed by atoms with Gasteiger partial charge < -0.3 is 5.11 Å². The third-order valence-corrected chi connectivity index (χ3v) is 4.91. The van der Waals surface area contributed by atoms with Crippen LogP contribution in [0.4, 0.5) is 0 Å². The second-order valence-corrected chi connectivity index (χ2v) is 7.59. The molecular formula is C14H20ClNO4S. The Bertz CT molecular complexity index is 613. The van der Waals surface area contributed by atoms with Gasteiger partial charge in [-0.3, -0.25) is 4.79 Å². The van der Waals surface area contributed by atoms with Gasteiger partial charge in [0.2, 0.25) is 10.0 Å². The average Bonchev–Trinajstić information content (AvgIpc) is 2.33. The number of sulfonamides is 1. The van der Waals surface area contributed by atoms with Crippen molar-refractivity contribution in [3.63, 3.8) is 0 Å². The van der Waals surface area contributed by atoms with Gasteiger partial charge in [0.25, 0.3) is 0 Å². The zero-order valence-electron chi connectivity index (χ0n) is 12.3. The van der Waals surface area contributed by atoms with Crippen molar-refractivity contribution in [2.24, 2.45) is 11.8 Å². The molecule has 0 saturated carbocycles. The van der Waals surface area contributed by atoms with Crippen LogP contribution in [-0.2, 0) is 14.8 Å². The van der Waals surface area contributed by atoms with Crippen LogP contribution in [0.5, 0.6) is 0 Å². The highest BCUT2D eigenvalue weighted by Gasteiger charge is 2.24. The molecule has 1 aromatic carbocycles. The van der Waals surface area contributed by atoms with E-state index in [2.05, 4.69) is 4.72 Å². The predicted molar refractivity (Wildman–Crippen MR) is 82.0 cm³/mol. The number of rotatable bonds is 7. The van der Waals surface area contributed by atoms with Gasteiger partial charge >= 0.3 is 5.97 Å². The molecular weight excluding hydrogens is 314 g/mol. The smallest absolute Gasteiger partial charge is 0.307 e. The third kappa shape index (κ3) is 5.30. The van der Waals surface area contributed by atoms with E-state index in [-0.39, 0.29) is 22.4 Å². The van der Waals surface area contributed by atoms with E-state index in [4.69, 9.17) is 16.7 Å². The maximum absolute atomic E-state index is 12.2. The Hall–Kier alpha value is -1.11. The lowest BCUT2D eigenvalue weighted by Crippen LogP contribution is -2.33. The monoisotopic (exact) mass is 333 g/mol. The summed E-state index contributed by atoms with van der Waals surface area (Å²) in [6, 6.07) is 4.61. The van der Waals surface area contributed by atoms with Crippen molar-refractivity contribution in [1.82, 2.24) is 4.72 Å². The maximum Gasteiger partial charge on any atom is 0.307 e. The molecule has 1 aromatic rings. The summed E-state index contributed by atoms with van der Waals surface area (Å²) >= 11 is 5.94. The first-order valence-electron chi connectivity index (χ1n) is 6.62. The number of hydrogen-bond donors (Lipinski definition) is 2. The molecule has 0 aliphatic rings. The molecule has 0 saturated heterocycles. The number of halogens is 1. The number of nitrogens with one attached hydrogen (secondary N) is 1. The lowest BCUT2D eigenvalue weighted by molar-refractivity contribution is -0.142. The fourth-order valence-corrected chi connectivity index (χ4v) is 3.63. The molecule has 0 radical (unpaired) electrons. The Morgan fingerprint density at radius 3 is 2.48 bits per heavy atom. The topological polar surface area (TPSA) is 83.5 Å². The fourth-order valence-electron chi connectivity index (χ4n) is 1.95. The minimum absolute atomic E-state index is 0.0385. The summed E-state index contributed by atoms with van der Waals surface area (Å²) in [7, 11) is -3.82. The van der Waals surface area contributed by atoms with E-state index in [0.29, 0.717) is 6.42 Å². The number of aliphatic carboxylic acids is 1. The molecule has 2 N–H and O–H groups in total. The van der Waals surface area contributed by atoms with E-state index in [1.54, 1.807) is 19.1 Å². The molecule has 0 amide bonds. The minimum Gasteiger partial charge on any atom is -0.481 e. The van der Waals surface area contributed by atoms with Gasteiger partial charge in [-0.2, -0.15) is 0 Å². The van der Waals surface area contributed by atoms with E-state index in [9.17, 15) is 13.2 Å². The summed E-state index contributed by atoms with van der Waals surface area (Å²) < 4.78 is 26.7. The largest absolute Gasteiger partial charge is 0.481 e. The lowest BCUT2D eigenvalue weighted by atomic mass is 9.98. The van der Waals surface area contributed by atoms with Crippen molar-refractivity contribution in [3.8, 4) is 0 Å². The van der Waals surface area contributed by atoms with Gasteiger partial charge in [-0.15, -0.1) is 0 Å². The second-order valence-electron chi connectivity index (χ2n) is 5.45. The van der Waals surface area contributed by atoms with Crippen molar-refractivity contribution >= 4 is 27.6 Å². The first kappa shape index (κ1) is 17.9. The van der Waals surface area contributed by atoms with E-state index >= 15 is 0 Å². The molecule has 0 aromatic heterocycles. The van der Waals surface area contributed by atoms with E-state index in [0.717, 1.165) is 5.56 Å². The molecule has 1 rings (SSSR count). The van der Waals surface area contributed by atoms with Gasteiger partial charge in [0.15, 0.2) is 0 Å². The van der Waals surface area contributed by atoms with Gasteiger partial charge in [0.05, 0.1) is 10.9 Å². The van der Waals surface area contributed by atoms with Gasteiger partial charge in [-0.25, -0.2) is 13.1 Å². The Labute approximate surface area is 130 Å². The van der Waals surface area contributed by atoms with Crippen molar-refractivity contribution in [1.29, 1.82) is 0 Å². The summed E-state index contributed by atoms with van der Waals surface area (Å²) in [5, 5.41) is 9.24. The molecule has 5 nitrogen and oxygen atoms in total. The van der Waals surface area contributed by atoms with Crippen LogP contribution >= 0.6 is 11.6 Å². The molecule has 1 atom stereocenters. The summed E-state index contributed by atoms with van der Waals surface area (Å²) in [6.45, 7) is 5.43. The summed E-state index contributed by atoms with van der Waals surface area (Å²) in [4.78, 5) is 11.1. The molecule has 0 aliphatic carbocycles. The van der Waals surface area contributed by atoms with Crippen LogP contribution in [0.15, 0.2) is 23.1 Å². The van der Waals surface area contributed by atoms with Crippen LogP contribution in [0, 0.1) is 18.8 Å². The lowest BCUT2D eigenvalue weighted by Gasteiger charge is -2.16. The number of hydrogen-bond acceptors (Lipinski definition) is 3. The van der Waals surface area contributed by atoms with Crippen molar-refractivity contribution < 1.29 is 18.3 Å². The molecule has 1 unspecified atom stereocenters. The Morgan fingerprint density at radius 1 is 1.38 bits per heavy atom. The van der Waals surface area contributed by atoms with Crippen LogP contribution in [0.25, 0.3) is 0 Å². The highest BCUT2D eigenvalue weighted by Crippen LogP contribution is 2.22. The standard InChI is InChI=1S/C14H20ClNO4S/c1-9(2)6-11(14(17)18)8-16-21(19,20)13-5-4-10(3)7-12(13)15/h4-5,7,9,11,16H,6,8H2,1-3H3,(H,17,18). The van der Waals surface area contributed by atoms with Crippen molar-refractivity contribution in [2.45, 2.75) is 32.1 Å². The molecule has 0 bridgehead atoms. The summed E-state index contributed by atoms with van der Waals surface area (Å²) in [6.07, 6.45) is 0.402. The van der Waals surface area contributed by atoms with Gasteiger partial charge in [0, 0.05) is 6.54 Å². The number of carboxylic acids is 1. The van der Waals surface area contributed by atoms with Crippen molar-refractivity contribution in [2.75, 3.05) is 6.54 Å². The zero-order valence-corrected chi connectivity index (χ0v) is 13.8.